The molecule has 0 aromatic heterocycles. The predicted octanol–water partition coefficient (Wildman–Crippen LogP) is 2.13. The van der Waals surface area contributed by atoms with E-state index in [2.05, 4.69) is 0 Å². The van der Waals surface area contributed by atoms with Crippen molar-refractivity contribution in [2.75, 3.05) is 0 Å². The zero-order valence-electron chi connectivity index (χ0n) is 8.16. The Bertz CT molecular complexity index is 340. The minimum Gasteiger partial charge on any atom is -0.372 e. The van der Waals surface area contributed by atoms with Gasteiger partial charge in [-0.25, -0.2) is 4.39 Å². The summed E-state index contributed by atoms with van der Waals surface area (Å²) in [6.45, 7) is 2.57. The van der Waals surface area contributed by atoms with Gasteiger partial charge in [-0.05, 0) is 29.7 Å². The van der Waals surface area contributed by atoms with Gasteiger partial charge in [0.25, 0.3) is 0 Å². The van der Waals surface area contributed by atoms with Crippen molar-refractivity contribution in [1.82, 2.24) is 0 Å². The Balaban J connectivity index is 2.38. The molecular weight excluding hydrogens is 181 g/mol. The van der Waals surface area contributed by atoms with Gasteiger partial charge in [0.15, 0.2) is 0 Å². The van der Waals surface area contributed by atoms with E-state index in [9.17, 15) is 4.39 Å². The summed E-state index contributed by atoms with van der Waals surface area (Å²) < 4.78 is 18.6. The second-order valence-electron chi connectivity index (χ2n) is 3.63. The van der Waals surface area contributed by atoms with Crippen molar-refractivity contribution in [3.05, 3.63) is 35.1 Å². The fourth-order valence-electron chi connectivity index (χ4n) is 1.88. The van der Waals surface area contributed by atoms with E-state index < -0.39 is 0 Å². The highest BCUT2D eigenvalue weighted by Gasteiger charge is 2.26. The Morgan fingerprint density at radius 3 is 3.07 bits per heavy atom. The molecule has 0 radical (unpaired) electrons. The number of halogens is 1. The molecule has 0 amide bonds. The minimum absolute atomic E-state index is 0.0179. The van der Waals surface area contributed by atoms with Gasteiger partial charge in [0.2, 0.25) is 0 Å². The van der Waals surface area contributed by atoms with Gasteiger partial charge < -0.3 is 10.5 Å². The Kier molecular flexibility index (Phi) is 2.52. The van der Waals surface area contributed by atoms with Gasteiger partial charge in [-0.2, -0.15) is 0 Å². The molecule has 3 heteroatoms. The van der Waals surface area contributed by atoms with E-state index in [-0.39, 0.29) is 18.0 Å². The Hall–Kier alpha value is -0.930. The molecule has 1 aliphatic heterocycles. The predicted molar refractivity (Wildman–Crippen MR) is 52.2 cm³/mol. The van der Waals surface area contributed by atoms with E-state index >= 15 is 0 Å². The highest BCUT2D eigenvalue weighted by Crippen LogP contribution is 2.29. The lowest BCUT2D eigenvalue weighted by Gasteiger charge is -2.30. The summed E-state index contributed by atoms with van der Waals surface area (Å²) in [6.07, 6.45) is 0.876. The summed E-state index contributed by atoms with van der Waals surface area (Å²) in [4.78, 5) is 0. The normalized spacial score (nSPS) is 25.9. The van der Waals surface area contributed by atoms with Crippen LogP contribution in [0.2, 0.25) is 0 Å². The maximum absolute atomic E-state index is 13.0. The van der Waals surface area contributed by atoms with Gasteiger partial charge in [-0.15, -0.1) is 0 Å². The summed E-state index contributed by atoms with van der Waals surface area (Å²) in [6, 6.07) is 4.52. The van der Waals surface area contributed by atoms with Crippen molar-refractivity contribution in [3.8, 4) is 0 Å². The van der Waals surface area contributed by atoms with Gasteiger partial charge in [-0.1, -0.05) is 13.0 Å². The Labute approximate surface area is 82.9 Å². The van der Waals surface area contributed by atoms with Gasteiger partial charge in [0, 0.05) is 0 Å². The molecule has 0 saturated carbocycles. The highest BCUT2D eigenvalue weighted by atomic mass is 19.1. The van der Waals surface area contributed by atoms with Crippen LogP contribution in [-0.2, 0) is 11.3 Å². The maximum Gasteiger partial charge on any atom is 0.123 e. The topological polar surface area (TPSA) is 35.2 Å². The molecule has 2 rings (SSSR count). The van der Waals surface area contributed by atoms with Gasteiger partial charge in [0.1, 0.15) is 5.82 Å². The first kappa shape index (κ1) is 9.62. The molecule has 1 aromatic carbocycles. The van der Waals surface area contributed by atoms with Crippen LogP contribution in [0.4, 0.5) is 4.39 Å². The largest absolute Gasteiger partial charge is 0.372 e. The molecule has 0 saturated heterocycles. The molecule has 1 aliphatic rings. The molecule has 1 unspecified atom stereocenters. The van der Waals surface area contributed by atoms with Crippen LogP contribution in [0.25, 0.3) is 0 Å². The van der Waals surface area contributed by atoms with E-state index in [0.29, 0.717) is 6.61 Å². The van der Waals surface area contributed by atoms with E-state index in [0.717, 1.165) is 17.5 Å². The van der Waals surface area contributed by atoms with Crippen LogP contribution in [0.5, 0.6) is 0 Å². The first-order chi connectivity index (χ1) is 6.72. The summed E-state index contributed by atoms with van der Waals surface area (Å²) >= 11 is 0. The van der Waals surface area contributed by atoms with E-state index in [1.807, 2.05) is 6.92 Å². The molecule has 0 bridgehead atoms. The Morgan fingerprint density at radius 2 is 2.36 bits per heavy atom. The summed E-state index contributed by atoms with van der Waals surface area (Å²) in [5.74, 6) is -0.226. The zero-order chi connectivity index (χ0) is 10.1. The third-order valence-corrected chi connectivity index (χ3v) is 2.72. The maximum atomic E-state index is 13.0. The minimum atomic E-state index is -0.226. The average molecular weight is 195 g/mol. The molecule has 2 nitrogen and oxygen atoms in total. The average Bonchev–Trinajstić information content (AvgIpc) is 2.20. The summed E-state index contributed by atoms with van der Waals surface area (Å²) in [5.41, 5.74) is 7.87. The lowest BCUT2D eigenvalue weighted by Crippen LogP contribution is -2.33. The standard InChI is InChI=1S/C11H14FNO/c1-2-10-11(13)9-5-8(12)4-3-7(9)6-14-10/h3-5,10-11H,2,6,13H2,1H3/t10-,11?/m1/s1. The number of fused-ring (bicyclic) bond motifs is 1. The number of ether oxygens (including phenoxy) is 1. The van der Waals surface area contributed by atoms with Crippen molar-refractivity contribution in [2.24, 2.45) is 5.73 Å². The summed E-state index contributed by atoms with van der Waals surface area (Å²) in [7, 11) is 0. The molecule has 1 aromatic rings. The number of hydrogen-bond donors (Lipinski definition) is 1. The number of benzene rings is 1. The van der Waals surface area contributed by atoms with Gasteiger partial charge >= 0.3 is 0 Å². The SMILES string of the molecule is CC[C@H]1OCc2ccc(F)cc2C1N. The molecule has 2 atom stereocenters. The van der Waals surface area contributed by atoms with Crippen molar-refractivity contribution in [1.29, 1.82) is 0 Å². The van der Waals surface area contributed by atoms with Crippen LogP contribution < -0.4 is 5.73 Å². The van der Waals surface area contributed by atoms with Crippen molar-refractivity contribution in [3.63, 3.8) is 0 Å². The van der Waals surface area contributed by atoms with Gasteiger partial charge in [-0.3, -0.25) is 0 Å². The molecule has 76 valence electrons. The third kappa shape index (κ3) is 1.53. The fourth-order valence-corrected chi connectivity index (χ4v) is 1.88. The van der Waals surface area contributed by atoms with Crippen LogP contribution in [0.1, 0.15) is 30.5 Å². The zero-order valence-corrected chi connectivity index (χ0v) is 8.16. The molecule has 0 aliphatic carbocycles. The van der Waals surface area contributed by atoms with Crippen LogP contribution in [-0.4, -0.2) is 6.10 Å². The van der Waals surface area contributed by atoms with Crippen LogP contribution in [0.3, 0.4) is 0 Å². The lowest BCUT2D eigenvalue weighted by molar-refractivity contribution is 0.00666. The number of hydrogen-bond acceptors (Lipinski definition) is 2. The molecule has 14 heavy (non-hydrogen) atoms. The molecular formula is C11H14FNO. The van der Waals surface area contributed by atoms with Crippen LogP contribution >= 0.6 is 0 Å². The van der Waals surface area contributed by atoms with Crippen molar-refractivity contribution >= 4 is 0 Å². The fraction of sp³-hybridized carbons (Fsp3) is 0.455. The quantitative estimate of drug-likeness (QED) is 0.745. The van der Waals surface area contributed by atoms with Crippen LogP contribution in [0, 0.1) is 5.82 Å². The molecule has 2 N–H and O–H groups in total. The van der Waals surface area contributed by atoms with Gasteiger partial charge in [0.05, 0.1) is 18.8 Å². The number of nitrogens with two attached hydrogens (primary N) is 1. The third-order valence-electron chi connectivity index (χ3n) is 2.72. The second kappa shape index (κ2) is 3.67. The second-order valence-corrected chi connectivity index (χ2v) is 3.63. The van der Waals surface area contributed by atoms with Crippen molar-refractivity contribution in [2.45, 2.75) is 32.1 Å². The molecule has 1 heterocycles. The van der Waals surface area contributed by atoms with Crippen LogP contribution in [0.15, 0.2) is 18.2 Å². The first-order valence-electron chi connectivity index (χ1n) is 4.88. The summed E-state index contributed by atoms with van der Waals surface area (Å²) in [5, 5.41) is 0. The van der Waals surface area contributed by atoms with E-state index in [1.54, 1.807) is 6.07 Å². The smallest absolute Gasteiger partial charge is 0.123 e. The molecule has 0 fully saturated rings. The van der Waals surface area contributed by atoms with E-state index in [4.69, 9.17) is 10.5 Å². The lowest BCUT2D eigenvalue weighted by atomic mass is 9.93. The number of rotatable bonds is 1. The van der Waals surface area contributed by atoms with Crippen molar-refractivity contribution < 1.29 is 9.13 Å². The highest BCUT2D eigenvalue weighted by molar-refractivity contribution is 5.32. The first-order valence-corrected chi connectivity index (χ1v) is 4.88. The van der Waals surface area contributed by atoms with E-state index in [1.165, 1.54) is 12.1 Å². The molecule has 0 spiro atoms. The Morgan fingerprint density at radius 1 is 1.57 bits per heavy atom. The monoisotopic (exact) mass is 195 g/mol.